The number of amides is 1. The maximum absolute atomic E-state index is 13.2. The quantitative estimate of drug-likeness (QED) is 0.393. The monoisotopic (exact) mass is 532 g/mol. The first-order valence-corrected chi connectivity index (χ1v) is 14.6. The van der Waals surface area contributed by atoms with Crippen LogP contribution in [-0.2, 0) is 32.4 Å². The van der Waals surface area contributed by atoms with E-state index in [0.29, 0.717) is 29.2 Å². The molecule has 1 fully saturated rings. The first kappa shape index (κ1) is 26.4. The van der Waals surface area contributed by atoms with E-state index in [9.17, 15) is 18.0 Å². The number of rotatable bonds is 8. The van der Waals surface area contributed by atoms with E-state index < -0.39 is 21.9 Å². The first-order valence-electron chi connectivity index (χ1n) is 12.3. The molecule has 10 heteroatoms. The van der Waals surface area contributed by atoms with Gasteiger partial charge in [0.25, 0.3) is 0 Å². The summed E-state index contributed by atoms with van der Waals surface area (Å²) < 4.78 is 38.6. The topological polar surface area (TPSA) is 102 Å². The van der Waals surface area contributed by atoms with Crippen LogP contribution in [0, 0.1) is 0 Å². The van der Waals surface area contributed by atoms with Gasteiger partial charge in [0.05, 0.1) is 19.3 Å². The Kier molecular flexibility index (Phi) is 8.48. The number of hydrogen-bond acceptors (Lipinski definition) is 7. The number of methoxy groups -OCH3 is 1. The van der Waals surface area contributed by atoms with Crippen LogP contribution in [0.4, 0.5) is 5.00 Å². The van der Waals surface area contributed by atoms with Crippen LogP contribution in [0.2, 0.25) is 0 Å². The van der Waals surface area contributed by atoms with Crippen molar-refractivity contribution >= 4 is 44.3 Å². The van der Waals surface area contributed by atoms with Crippen LogP contribution in [0.25, 0.3) is 6.08 Å². The highest BCUT2D eigenvalue weighted by atomic mass is 32.2. The van der Waals surface area contributed by atoms with E-state index in [1.807, 2.05) is 0 Å². The number of nitrogens with zero attached hydrogens (tertiary/aromatic N) is 1. The molecule has 1 aliphatic carbocycles. The molecule has 1 aromatic carbocycles. The minimum absolute atomic E-state index is 0.0880. The molecular weight excluding hydrogens is 500 g/mol. The summed E-state index contributed by atoms with van der Waals surface area (Å²) in [5.41, 5.74) is 1.99. The Hall–Kier alpha value is -2.69. The zero-order valence-corrected chi connectivity index (χ0v) is 22.3. The number of sulfonamides is 1. The number of nitrogens with one attached hydrogen (secondary N) is 1. The molecule has 2 heterocycles. The lowest BCUT2D eigenvalue weighted by Crippen LogP contribution is -2.35. The van der Waals surface area contributed by atoms with Crippen molar-refractivity contribution in [2.24, 2.45) is 0 Å². The molecule has 0 saturated carbocycles. The standard InChI is InChI=1S/C26H32N2O6S2/c1-3-34-26(30)24-19-9-5-6-10-21(19)35-25(24)27-23(29)14-12-18-11-13-20(33-2)22(17-18)36(31,32)28-15-7-4-8-16-28/h11-14,17H,3-10,15-16H2,1-2H3,(H,27,29). The molecule has 0 unspecified atom stereocenters. The Morgan fingerprint density at radius 1 is 1.11 bits per heavy atom. The lowest BCUT2D eigenvalue weighted by molar-refractivity contribution is -0.111. The largest absolute Gasteiger partial charge is 0.495 e. The second kappa shape index (κ2) is 11.6. The van der Waals surface area contributed by atoms with E-state index >= 15 is 0 Å². The fraction of sp³-hybridized carbons (Fsp3) is 0.462. The van der Waals surface area contributed by atoms with Crippen LogP contribution in [0.15, 0.2) is 29.2 Å². The number of hydrogen-bond donors (Lipinski definition) is 1. The highest BCUT2D eigenvalue weighted by molar-refractivity contribution is 7.89. The summed E-state index contributed by atoms with van der Waals surface area (Å²) in [4.78, 5) is 26.6. The molecular formula is C26H32N2O6S2. The molecule has 1 amide bonds. The Balaban J connectivity index is 1.56. The molecule has 1 N–H and O–H groups in total. The van der Waals surface area contributed by atoms with Crippen LogP contribution < -0.4 is 10.1 Å². The number of anilines is 1. The first-order chi connectivity index (χ1) is 17.3. The molecule has 1 aromatic heterocycles. The van der Waals surface area contributed by atoms with Gasteiger partial charge in [0.1, 0.15) is 15.6 Å². The van der Waals surface area contributed by atoms with Crippen LogP contribution in [-0.4, -0.2) is 51.4 Å². The van der Waals surface area contributed by atoms with E-state index in [-0.39, 0.29) is 17.3 Å². The SMILES string of the molecule is CCOC(=O)c1c(NC(=O)C=Cc2ccc(OC)c(S(=O)(=O)N3CCCCC3)c2)sc2c1CCCC2. The fourth-order valence-corrected chi connectivity index (χ4v) is 7.63. The molecule has 0 spiro atoms. The van der Waals surface area contributed by atoms with Crippen molar-refractivity contribution in [2.45, 2.75) is 56.8 Å². The van der Waals surface area contributed by atoms with Crippen LogP contribution in [0.5, 0.6) is 5.75 Å². The van der Waals surface area contributed by atoms with E-state index in [2.05, 4.69) is 5.32 Å². The van der Waals surface area contributed by atoms with Gasteiger partial charge in [-0.25, -0.2) is 13.2 Å². The van der Waals surface area contributed by atoms with E-state index in [0.717, 1.165) is 55.4 Å². The number of ether oxygens (including phenoxy) is 2. The van der Waals surface area contributed by atoms with Gasteiger partial charge < -0.3 is 14.8 Å². The second-order valence-corrected chi connectivity index (χ2v) is 11.8. The highest BCUT2D eigenvalue weighted by Gasteiger charge is 2.29. The Labute approximate surface area is 216 Å². The average molecular weight is 533 g/mol. The third kappa shape index (κ3) is 5.66. The summed E-state index contributed by atoms with van der Waals surface area (Å²) in [6.07, 6.45) is 9.33. The zero-order chi connectivity index (χ0) is 25.7. The fourth-order valence-electron chi connectivity index (χ4n) is 4.64. The molecule has 1 saturated heterocycles. The predicted octanol–water partition coefficient (Wildman–Crippen LogP) is 4.64. The van der Waals surface area contributed by atoms with Gasteiger partial charge in [0.15, 0.2) is 0 Å². The molecule has 2 aliphatic rings. The predicted molar refractivity (Wildman–Crippen MR) is 140 cm³/mol. The summed E-state index contributed by atoms with van der Waals surface area (Å²) in [5, 5.41) is 3.34. The van der Waals surface area contributed by atoms with Crippen molar-refractivity contribution in [3.8, 4) is 5.75 Å². The number of thiophene rings is 1. The van der Waals surface area contributed by atoms with Gasteiger partial charge in [-0.05, 0) is 74.8 Å². The molecule has 0 bridgehead atoms. The van der Waals surface area contributed by atoms with Crippen molar-refractivity contribution in [1.82, 2.24) is 4.31 Å². The van der Waals surface area contributed by atoms with Crippen molar-refractivity contribution < 1.29 is 27.5 Å². The van der Waals surface area contributed by atoms with Gasteiger partial charge in [0.2, 0.25) is 15.9 Å². The van der Waals surface area contributed by atoms with E-state index in [1.165, 1.54) is 34.9 Å². The summed E-state index contributed by atoms with van der Waals surface area (Å²) in [7, 11) is -2.27. The summed E-state index contributed by atoms with van der Waals surface area (Å²) in [6, 6.07) is 4.83. The molecule has 0 atom stereocenters. The van der Waals surface area contributed by atoms with Crippen LogP contribution >= 0.6 is 11.3 Å². The van der Waals surface area contributed by atoms with Crippen molar-refractivity contribution in [3.05, 3.63) is 45.8 Å². The van der Waals surface area contributed by atoms with Gasteiger partial charge in [-0.2, -0.15) is 4.31 Å². The second-order valence-electron chi connectivity index (χ2n) is 8.83. The number of carbonyl (C=O) groups is 2. The molecule has 36 heavy (non-hydrogen) atoms. The normalized spacial score (nSPS) is 16.5. The minimum Gasteiger partial charge on any atom is -0.495 e. The smallest absolute Gasteiger partial charge is 0.341 e. The average Bonchev–Trinajstić information content (AvgIpc) is 3.25. The molecule has 4 rings (SSSR count). The third-order valence-electron chi connectivity index (χ3n) is 6.44. The number of aryl methyl sites for hydroxylation is 1. The molecule has 1 aliphatic heterocycles. The lowest BCUT2D eigenvalue weighted by Gasteiger charge is -2.26. The minimum atomic E-state index is -3.71. The third-order valence-corrected chi connectivity index (χ3v) is 9.56. The van der Waals surface area contributed by atoms with Crippen LogP contribution in [0.1, 0.15) is 65.4 Å². The number of benzene rings is 1. The molecule has 194 valence electrons. The maximum Gasteiger partial charge on any atom is 0.341 e. The highest BCUT2D eigenvalue weighted by Crippen LogP contribution is 2.38. The Morgan fingerprint density at radius 3 is 2.58 bits per heavy atom. The number of piperidine rings is 1. The van der Waals surface area contributed by atoms with Crippen molar-refractivity contribution in [1.29, 1.82) is 0 Å². The van der Waals surface area contributed by atoms with E-state index in [4.69, 9.17) is 9.47 Å². The number of esters is 1. The molecule has 2 aromatic rings. The summed E-state index contributed by atoms with van der Waals surface area (Å²) in [5.74, 6) is -0.556. The van der Waals surface area contributed by atoms with Gasteiger partial charge in [0, 0.05) is 24.0 Å². The lowest BCUT2D eigenvalue weighted by atomic mass is 9.95. The van der Waals surface area contributed by atoms with Gasteiger partial charge in [-0.3, -0.25) is 4.79 Å². The number of fused-ring (bicyclic) bond motifs is 1. The zero-order valence-electron chi connectivity index (χ0n) is 20.7. The summed E-state index contributed by atoms with van der Waals surface area (Å²) >= 11 is 1.42. The Bertz CT molecular complexity index is 1260. The number of carbonyl (C=O) groups excluding carboxylic acids is 2. The van der Waals surface area contributed by atoms with Crippen molar-refractivity contribution in [2.75, 3.05) is 32.1 Å². The molecule has 0 radical (unpaired) electrons. The van der Waals surface area contributed by atoms with Gasteiger partial charge >= 0.3 is 5.97 Å². The maximum atomic E-state index is 13.2. The van der Waals surface area contributed by atoms with Gasteiger partial charge in [-0.15, -0.1) is 11.3 Å². The van der Waals surface area contributed by atoms with Crippen molar-refractivity contribution in [3.63, 3.8) is 0 Å². The summed E-state index contributed by atoms with van der Waals surface area (Å²) in [6.45, 7) is 2.99. The van der Waals surface area contributed by atoms with E-state index in [1.54, 1.807) is 25.1 Å². The Morgan fingerprint density at radius 2 is 1.86 bits per heavy atom. The molecule has 8 nitrogen and oxygen atoms in total. The van der Waals surface area contributed by atoms with Crippen LogP contribution in [0.3, 0.4) is 0 Å². The van der Waals surface area contributed by atoms with Gasteiger partial charge in [-0.1, -0.05) is 12.5 Å².